The van der Waals surface area contributed by atoms with Crippen molar-refractivity contribution in [3.05, 3.63) is 98.6 Å². The van der Waals surface area contributed by atoms with Crippen LogP contribution in [0.25, 0.3) is 6.08 Å². The van der Waals surface area contributed by atoms with E-state index in [0.29, 0.717) is 21.5 Å². The topological polar surface area (TPSA) is 75.7 Å². The van der Waals surface area contributed by atoms with Crippen LogP contribution in [-0.2, 0) is 16.2 Å². The van der Waals surface area contributed by atoms with Crippen molar-refractivity contribution in [2.24, 2.45) is 0 Å². The summed E-state index contributed by atoms with van der Waals surface area (Å²) in [6.45, 7) is 1.84. The summed E-state index contributed by atoms with van der Waals surface area (Å²) in [5.41, 5.74) is 3.15. The summed E-state index contributed by atoms with van der Waals surface area (Å²) >= 11 is 4.24. The standard InChI is InChI=1S/C26H20BrFN2O4S/c1-16-2-9-20(10-3-16)29-24(31)14-30-25(32)23(35-26(30)33)13-18-6-11-22(21(27)12-18)34-15-17-4-7-19(28)8-5-17/h2-13H,14-15H2,1H3,(H,29,31)/b23-13-. The van der Waals surface area contributed by atoms with Crippen molar-refractivity contribution in [1.82, 2.24) is 4.90 Å². The maximum atomic E-state index is 13.0. The molecule has 35 heavy (non-hydrogen) atoms. The fourth-order valence-corrected chi connectivity index (χ4v) is 4.58. The average Bonchev–Trinajstić information content (AvgIpc) is 3.08. The molecule has 6 nitrogen and oxygen atoms in total. The van der Waals surface area contributed by atoms with E-state index in [1.165, 1.54) is 12.1 Å². The minimum atomic E-state index is -0.521. The molecule has 3 aromatic carbocycles. The van der Waals surface area contributed by atoms with Gasteiger partial charge in [-0.25, -0.2) is 4.39 Å². The third-order valence-corrected chi connectivity index (χ3v) is 6.60. The van der Waals surface area contributed by atoms with E-state index in [1.54, 1.807) is 48.5 Å². The number of thioether (sulfide) groups is 1. The Labute approximate surface area is 214 Å². The molecule has 0 aliphatic carbocycles. The van der Waals surface area contributed by atoms with Crippen molar-refractivity contribution < 1.29 is 23.5 Å². The third-order valence-electron chi connectivity index (χ3n) is 5.07. The van der Waals surface area contributed by atoms with E-state index in [1.807, 2.05) is 19.1 Å². The predicted octanol–water partition coefficient (Wildman–Crippen LogP) is 6.15. The van der Waals surface area contributed by atoms with Crippen molar-refractivity contribution in [3.63, 3.8) is 0 Å². The molecule has 178 valence electrons. The van der Waals surface area contributed by atoms with Gasteiger partial charge in [-0.2, -0.15) is 0 Å². The van der Waals surface area contributed by atoms with Crippen molar-refractivity contribution >= 4 is 56.5 Å². The number of benzene rings is 3. The first kappa shape index (κ1) is 24.7. The molecule has 3 aromatic rings. The number of hydrogen-bond donors (Lipinski definition) is 1. The smallest absolute Gasteiger partial charge is 0.294 e. The molecule has 0 bridgehead atoms. The van der Waals surface area contributed by atoms with E-state index in [-0.39, 0.29) is 23.9 Å². The Morgan fingerprint density at radius 1 is 1.09 bits per heavy atom. The van der Waals surface area contributed by atoms with Crippen LogP contribution in [0.3, 0.4) is 0 Å². The Kier molecular flexibility index (Phi) is 7.67. The molecule has 0 saturated carbocycles. The number of carbonyl (C=O) groups is 3. The number of nitrogens with one attached hydrogen (secondary N) is 1. The lowest BCUT2D eigenvalue weighted by Gasteiger charge is -2.12. The van der Waals surface area contributed by atoms with Crippen molar-refractivity contribution in [2.75, 3.05) is 11.9 Å². The summed E-state index contributed by atoms with van der Waals surface area (Å²) in [6, 6.07) is 18.5. The molecular formula is C26H20BrFN2O4S. The number of halogens is 2. The Hall–Kier alpha value is -3.43. The maximum absolute atomic E-state index is 13.0. The van der Waals surface area contributed by atoms with Crippen LogP contribution < -0.4 is 10.1 Å². The highest BCUT2D eigenvalue weighted by atomic mass is 79.9. The highest BCUT2D eigenvalue weighted by molar-refractivity contribution is 9.10. The van der Waals surface area contributed by atoms with Crippen LogP contribution in [0.1, 0.15) is 16.7 Å². The Balaban J connectivity index is 1.39. The molecule has 4 rings (SSSR count). The van der Waals surface area contributed by atoms with E-state index in [2.05, 4.69) is 21.2 Å². The Morgan fingerprint density at radius 3 is 2.49 bits per heavy atom. The van der Waals surface area contributed by atoms with Crippen LogP contribution in [0.5, 0.6) is 5.75 Å². The monoisotopic (exact) mass is 554 g/mol. The second-order valence-corrected chi connectivity index (χ2v) is 9.63. The van der Waals surface area contributed by atoms with Gasteiger partial charge in [-0.15, -0.1) is 0 Å². The second kappa shape index (κ2) is 10.9. The van der Waals surface area contributed by atoms with E-state index >= 15 is 0 Å². The van der Waals surface area contributed by atoms with E-state index < -0.39 is 17.1 Å². The Morgan fingerprint density at radius 2 is 1.80 bits per heavy atom. The third kappa shape index (κ3) is 6.37. The van der Waals surface area contributed by atoms with Gasteiger partial charge in [-0.1, -0.05) is 35.9 Å². The zero-order valence-electron chi connectivity index (χ0n) is 18.6. The fourth-order valence-electron chi connectivity index (χ4n) is 3.23. The van der Waals surface area contributed by atoms with Gasteiger partial charge >= 0.3 is 0 Å². The zero-order valence-corrected chi connectivity index (χ0v) is 21.0. The molecule has 1 aliphatic rings. The van der Waals surface area contributed by atoms with Crippen LogP contribution in [0.4, 0.5) is 14.9 Å². The van der Waals surface area contributed by atoms with Gasteiger partial charge in [0.15, 0.2) is 0 Å². The summed E-state index contributed by atoms with van der Waals surface area (Å²) in [5.74, 6) is -0.711. The predicted molar refractivity (Wildman–Crippen MR) is 137 cm³/mol. The van der Waals surface area contributed by atoms with Crippen molar-refractivity contribution in [1.29, 1.82) is 0 Å². The lowest BCUT2D eigenvalue weighted by Crippen LogP contribution is -2.36. The number of hydrogen-bond acceptors (Lipinski definition) is 5. The van der Waals surface area contributed by atoms with Gasteiger partial charge in [-0.3, -0.25) is 19.3 Å². The number of nitrogens with zero attached hydrogens (tertiary/aromatic N) is 1. The molecule has 1 heterocycles. The van der Waals surface area contributed by atoms with Crippen molar-refractivity contribution in [2.45, 2.75) is 13.5 Å². The fraction of sp³-hybridized carbons (Fsp3) is 0.115. The minimum absolute atomic E-state index is 0.227. The lowest BCUT2D eigenvalue weighted by atomic mass is 10.2. The number of anilines is 1. The summed E-state index contributed by atoms with van der Waals surface area (Å²) in [7, 11) is 0. The van der Waals surface area contributed by atoms with Gasteiger partial charge in [0, 0.05) is 5.69 Å². The molecule has 0 aromatic heterocycles. The molecule has 0 radical (unpaired) electrons. The molecule has 9 heteroatoms. The molecule has 0 spiro atoms. The first-order valence-electron chi connectivity index (χ1n) is 10.6. The van der Waals surface area contributed by atoms with Gasteiger partial charge in [-0.05, 0) is 88.2 Å². The molecule has 1 aliphatic heterocycles. The number of aryl methyl sites for hydroxylation is 1. The zero-order chi connectivity index (χ0) is 24.9. The van der Waals surface area contributed by atoms with E-state index in [4.69, 9.17) is 4.74 Å². The molecule has 1 saturated heterocycles. The average molecular weight is 555 g/mol. The number of carbonyl (C=O) groups excluding carboxylic acids is 3. The number of amides is 3. The van der Waals surface area contributed by atoms with Gasteiger partial charge in [0.1, 0.15) is 24.7 Å². The van der Waals surface area contributed by atoms with Crippen LogP contribution in [-0.4, -0.2) is 28.5 Å². The molecule has 0 atom stereocenters. The van der Waals surface area contributed by atoms with Crippen molar-refractivity contribution in [3.8, 4) is 5.75 Å². The normalized spacial score (nSPS) is 14.5. The molecule has 0 unspecified atom stereocenters. The summed E-state index contributed by atoms with van der Waals surface area (Å²) < 4.78 is 19.5. The lowest BCUT2D eigenvalue weighted by molar-refractivity contribution is -0.127. The van der Waals surface area contributed by atoms with Gasteiger partial charge in [0.25, 0.3) is 11.1 Å². The maximum Gasteiger partial charge on any atom is 0.294 e. The van der Waals surface area contributed by atoms with Crippen LogP contribution in [0.15, 0.2) is 76.1 Å². The summed E-state index contributed by atoms with van der Waals surface area (Å²) in [4.78, 5) is 38.6. The van der Waals surface area contributed by atoms with Gasteiger partial charge in [0.05, 0.1) is 9.38 Å². The van der Waals surface area contributed by atoms with E-state index in [0.717, 1.165) is 27.8 Å². The van der Waals surface area contributed by atoms with E-state index in [9.17, 15) is 18.8 Å². The molecule has 1 fully saturated rings. The van der Waals surface area contributed by atoms with Crippen LogP contribution in [0, 0.1) is 12.7 Å². The summed E-state index contributed by atoms with van der Waals surface area (Å²) in [5, 5.41) is 2.19. The summed E-state index contributed by atoms with van der Waals surface area (Å²) in [6.07, 6.45) is 1.59. The molecule has 1 N–H and O–H groups in total. The van der Waals surface area contributed by atoms with Crippen LogP contribution >= 0.6 is 27.7 Å². The first-order chi connectivity index (χ1) is 16.8. The number of ether oxygens (including phenoxy) is 1. The highest BCUT2D eigenvalue weighted by Crippen LogP contribution is 2.34. The molecular weight excluding hydrogens is 535 g/mol. The SMILES string of the molecule is Cc1ccc(NC(=O)CN2C(=O)S/C(=C\c3ccc(OCc4ccc(F)cc4)c(Br)c3)C2=O)cc1. The highest BCUT2D eigenvalue weighted by Gasteiger charge is 2.36. The quantitative estimate of drug-likeness (QED) is 0.354. The minimum Gasteiger partial charge on any atom is -0.488 e. The second-order valence-electron chi connectivity index (χ2n) is 7.79. The Bertz CT molecular complexity index is 1310. The number of rotatable bonds is 7. The number of imide groups is 1. The van der Waals surface area contributed by atoms with Gasteiger partial charge in [0.2, 0.25) is 5.91 Å². The molecule has 3 amide bonds. The van der Waals surface area contributed by atoms with Gasteiger partial charge < -0.3 is 10.1 Å². The first-order valence-corrected chi connectivity index (χ1v) is 12.2. The largest absolute Gasteiger partial charge is 0.488 e. The van der Waals surface area contributed by atoms with Crippen LogP contribution in [0.2, 0.25) is 0 Å².